The van der Waals surface area contributed by atoms with E-state index in [1.54, 1.807) is 17.3 Å². The fraction of sp³-hybridized carbons (Fsp3) is 0.600. The summed E-state index contributed by atoms with van der Waals surface area (Å²) in [5.41, 5.74) is 0.922. The number of amides is 2. The smallest absolute Gasteiger partial charge is 0.308 e. The van der Waals surface area contributed by atoms with Crippen LogP contribution in [0.1, 0.15) is 45.1 Å². The lowest BCUT2D eigenvalue weighted by Gasteiger charge is -2.35. The molecule has 2 rings (SSSR count). The first kappa shape index (κ1) is 20.9. The van der Waals surface area contributed by atoms with Crippen LogP contribution in [-0.4, -0.2) is 45.9 Å². The molecule has 7 heteroatoms. The standard InChI is InChI=1S/C20H29N3O4/c1-14(2)4-3-5-18(24)23-12-16(10-17(13-23)20(26)27)19(25)22-11-15-6-8-21-9-7-15/h6-9,14,16-17H,3-5,10-13H2,1-2H3,(H,22,25)(H,26,27)/t16-,17+/m0/s1. The maximum absolute atomic E-state index is 12.6. The Balaban J connectivity index is 1.94. The van der Waals surface area contributed by atoms with Gasteiger partial charge in [0.05, 0.1) is 11.8 Å². The zero-order valence-electron chi connectivity index (χ0n) is 16.1. The van der Waals surface area contributed by atoms with Crippen molar-refractivity contribution in [2.45, 2.75) is 46.1 Å². The fourth-order valence-electron chi connectivity index (χ4n) is 3.33. The largest absolute Gasteiger partial charge is 0.481 e. The van der Waals surface area contributed by atoms with Crippen molar-refractivity contribution in [1.29, 1.82) is 0 Å². The van der Waals surface area contributed by atoms with Gasteiger partial charge in [0.15, 0.2) is 0 Å². The van der Waals surface area contributed by atoms with Crippen molar-refractivity contribution in [1.82, 2.24) is 15.2 Å². The van der Waals surface area contributed by atoms with E-state index < -0.39 is 17.8 Å². The number of carbonyl (C=O) groups is 3. The van der Waals surface area contributed by atoms with Crippen molar-refractivity contribution in [2.24, 2.45) is 17.8 Å². The number of carboxylic acid groups (broad SMARTS) is 1. The Morgan fingerprint density at radius 2 is 1.89 bits per heavy atom. The van der Waals surface area contributed by atoms with Crippen LogP contribution in [0.15, 0.2) is 24.5 Å². The molecule has 0 aromatic carbocycles. The predicted octanol–water partition coefficient (Wildman–Crippen LogP) is 2.07. The van der Waals surface area contributed by atoms with E-state index in [-0.39, 0.29) is 31.3 Å². The number of pyridine rings is 1. The molecule has 1 saturated heterocycles. The highest BCUT2D eigenvalue weighted by Gasteiger charge is 2.36. The third kappa shape index (κ3) is 6.66. The van der Waals surface area contributed by atoms with Gasteiger partial charge >= 0.3 is 5.97 Å². The fourth-order valence-corrected chi connectivity index (χ4v) is 3.33. The second-order valence-corrected chi connectivity index (χ2v) is 7.63. The summed E-state index contributed by atoms with van der Waals surface area (Å²) < 4.78 is 0. The number of hydrogen-bond donors (Lipinski definition) is 2. The predicted molar refractivity (Wildman–Crippen MR) is 101 cm³/mol. The highest BCUT2D eigenvalue weighted by molar-refractivity contribution is 5.83. The summed E-state index contributed by atoms with van der Waals surface area (Å²) >= 11 is 0. The molecule has 0 unspecified atom stereocenters. The molecule has 1 aromatic heterocycles. The number of aliphatic carboxylic acids is 1. The molecule has 0 aliphatic carbocycles. The molecule has 1 fully saturated rings. The minimum Gasteiger partial charge on any atom is -0.481 e. The van der Waals surface area contributed by atoms with Gasteiger partial charge in [-0.15, -0.1) is 0 Å². The highest BCUT2D eigenvalue weighted by Crippen LogP contribution is 2.24. The van der Waals surface area contributed by atoms with Gasteiger partial charge in [-0.05, 0) is 36.5 Å². The van der Waals surface area contributed by atoms with Crippen LogP contribution in [-0.2, 0) is 20.9 Å². The molecular formula is C20H29N3O4. The van der Waals surface area contributed by atoms with Gasteiger partial charge in [-0.1, -0.05) is 20.3 Å². The topological polar surface area (TPSA) is 99.6 Å². The molecule has 0 bridgehead atoms. The van der Waals surface area contributed by atoms with Gasteiger partial charge in [0.1, 0.15) is 0 Å². The molecule has 148 valence electrons. The quantitative estimate of drug-likeness (QED) is 0.725. The van der Waals surface area contributed by atoms with Crippen LogP contribution in [0.3, 0.4) is 0 Å². The molecule has 27 heavy (non-hydrogen) atoms. The molecule has 1 aromatic rings. The van der Waals surface area contributed by atoms with Crippen LogP contribution < -0.4 is 5.32 Å². The second-order valence-electron chi connectivity index (χ2n) is 7.63. The molecular weight excluding hydrogens is 346 g/mol. The summed E-state index contributed by atoms with van der Waals surface area (Å²) in [4.78, 5) is 42.0. The SMILES string of the molecule is CC(C)CCCC(=O)N1C[C@H](C(=O)O)C[C@H](C(=O)NCc2ccncc2)C1. The van der Waals surface area contributed by atoms with Gasteiger partial charge in [-0.3, -0.25) is 19.4 Å². The molecule has 1 aliphatic heterocycles. The van der Waals surface area contributed by atoms with Crippen molar-refractivity contribution >= 4 is 17.8 Å². The second kappa shape index (κ2) is 10.0. The zero-order chi connectivity index (χ0) is 19.8. The molecule has 2 N–H and O–H groups in total. The Kier molecular flexibility index (Phi) is 7.76. The molecule has 7 nitrogen and oxygen atoms in total. The number of aromatic nitrogens is 1. The van der Waals surface area contributed by atoms with E-state index in [0.29, 0.717) is 18.9 Å². The number of likely N-dealkylation sites (tertiary alicyclic amines) is 1. The summed E-state index contributed by atoms with van der Waals surface area (Å²) in [5, 5.41) is 12.3. The summed E-state index contributed by atoms with van der Waals surface area (Å²) in [7, 11) is 0. The first-order valence-corrected chi connectivity index (χ1v) is 9.54. The molecule has 0 saturated carbocycles. The highest BCUT2D eigenvalue weighted by atomic mass is 16.4. The minimum absolute atomic E-state index is 0.0615. The number of carboxylic acids is 1. The van der Waals surface area contributed by atoms with E-state index >= 15 is 0 Å². The number of nitrogens with one attached hydrogen (secondary N) is 1. The van der Waals surface area contributed by atoms with Crippen molar-refractivity contribution in [3.05, 3.63) is 30.1 Å². The number of carbonyl (C=O) groups excluding carboxylic acids is 2. The van der Waals surface area contributed by atoms with Crippen LogP contribution in [0.2, 0.25) is 0 Å². The van der Waals surface area contributed by atoms with E-state index in [4.69, 9.17) is 0 Å². The first-order valence-electron chi connectivity index (χ1n) is 9.54. The van der Waals surface area contributed by atoms with E-state index in [1.165, 1.54) is 0 Å². The average Bonchev–Trinajstić information content (AvgIpc) is 2.66. The third-order valence-corrected chi connectivity index (χ3v) is 4.91. The monoisotopic (exact) mass is 375 g/mol. The van der Waals surface area contributed by atoms with Crippen molar-refractivity contribution in [2.75, 3.05) is 13.1 Å². The lowest BCUT2D eigenvalue weighted by Crippen LogP contribution is -2.50. The van der Waals surface area contributed by atoms with Crippen molar-refractivity contribution < 1.29 is 19.5 Å². The summed E-state index contributed by atoms with van der Waals surface area (Å²) in [6.45, 7) is 5.04. The van der Waals surface area contributed by atoms with E-state index in [2.05, 4.69) is 24.1 Å². The normalized spacial score (nSPS) is 19.7. The molecule has 2 amide bonds. The maximum atomic E-state index is 12.6. The zero-order valence-corrected chi connectivity index (χ0v) is 16.1. The first-order chi connectivity index (χ1) is 12.9. The van der Waals surface area contributed by atoms with E-state index in [0.717, 1.165) is 18.4 Å². The molecule has 0 spiro atoms. The minimum atomic E-state index is -0.957. The lowest BCUT2D eigenvalue weighted by molar-refractivity contribution is -0.148. The van der Waals surface area contributed by atoms with Crippen LogP contribution in [0.5, 0.6) is 0 Å². The number of rotatable bonds is 8. The average molecular weight is 375 g/mol. The van der Waals surface area contributed by atoms with Crippen LogP contribution >= 0.6 is 0 Å². The summed E-state index contributed by atoms with van der Waals surface area (Å²) in [6.07, 6.45) is 5.70. The van der Waals surface area contributed by atoms with Crippen LogP contribution in [0, 0.1) is 17.8 Å². The Hall–Kier alpha value is -2.44. The van der Waals surface area contributed by atoms with Crippen LogP contribution in [0.4, 0.5) is 0 Å². The van der Waals surface area contributed by atoms with Gasteiger partial charge in [-0.2, -0.15) is 0 Å². The van der Waals surface area contributed by atoms with Gasteiger partial charge in [-0.25, -0.2) is 0 Å². The summed E-state index contributed by atoms with van der Waals surface area (Å²) in [5.74, 6) is -1.91. The van der Waals surface area contributed by atoms with Gasteiger partial charge in [0, 0.05) is 38.4 Å². The molecule has 2 atom stereocenters. The molecule has 2 heterocycles. The Bertz CT molecular complexity index is 648. The maximum Gasteiger partial charge on any atom is 0.308 e. The third-order valence-electron chi connectivity index (χ3n) is 4.91. The van der Waals surface area contributed by atoms with E-state index in [1.807, 2.05) is 12.1 Å². The number of nitrogens with zero attached hydrogens (tertiary/aromatic N) is 2. The molecule has 1 aliphatic rings. The summed E-state index contributed by atoms with van der Waals surface area (Å²) in [6, 6.07) is 3.62. The number of hydrogen-bond acceptors (Lipinski definition) is 4. The van der Waals surface area contributed by atoms with Crippen molar-refractivity contribution in [3.63, 3.8) is 0 Å². The van der Waals surface area contributed by atoms with Crippen LogP contribution in [0.25, 0.3) is 0 Å². The van der Waals surface area contributed by atoms with E-state index in [9.17, 15) is 19.5 Å². The Morgan fingerprint density at radius 3 is 2.52 bits per heavy atom. The molecule has 0 radical (unpaired) electrons. The van der Waals surface area contributed by atoms with Gasteiger partial charge < -0.3 is 15.3 Å². The Morgan fingerprint density at radius 1 is 1.22 bits per heavy atom. The Labute approximate surface area is 160 Å². The van der Waals surface area contributed by atoms with Gasteiger partial charge in [0.2, 0.25) is 11.8 Å². The number of piperidine rings is 1. The lowest BCUT2D eigenvalue weighted by atomic mass is 9.88. The van der Waals surface area contributed by atoms with Crippen molar-refractivity contribution in [3.8, 4) is 0 Å². The van der Waals surface area contributed by atoms with Gasteiger partial charge in [0.25, 0.3) is 0 Å².